The second-order valence-electron chi connectivity index (χ2n) is 4.70. The van der Waals surface area contributed by atoms with E-state index in [1.807, 2.05) is 0 Å². The molecule has 0 saturated heterocycles. The van der Waals surface area contributed by atoms with Crippen LogP contribution in [0.25, 0.3) is 10.8 Å². The van der Waals surface area contributed by atoms with E-state index >= 15 is 0 Å². The molecule has 0 radical (unpaired) electrons. The van der Waals surface area contributed by atoms with Crippen LogP contribution in [0.5, 0.6) is 5.75 Å². The summed E-state index contributed by atoms with van der Waals surface area (Å²) >= 11 is 0. The Balaban J connectivity index is 0.000000207. The van der Waals surface area contributed by atoms with E-state index in [1.54, 1.807) is 0 Å². The van der Waals surface area contributed by atoms with Crippen molar-refractivity contribution in [3.05, 3.63) is 36.4 Å². The molecular formula is C14H13F3O4S2. The monoisotopic (exact) mass is 366 g/mol. The van der Waals surface area contributed by atoms with E-state index in [0.29, 0.717) is 10.9 Å². The van der Waals surface area contributed by atoms with Crippen molar-refractivity contribution in [2.24, 2.45) is 0 Å². The van der Waals surface area contributed by atoms with Gasteiger partial charge in [0.2, 0.25) is 0 Å². The Hall–Kier alpha value is -1.45. The molecule has 9 heteroatoms. The quantitative estimate of drug-likeness (QED) is 0.409. The van der Waals surface area contributed by atoms with Crippen molar-refractivity contribution in [1.29, 1.82) is 0 Å². The van der Waals surface area contributed by atoms with Crippen LogP contribution in [-0.4, -0.2) is 37.1 Å². The molecule has 0 amide bonds. The Morgan fingerprint density at radius 3 is 2.39 bits per heavy atom. The topological polar surface area (TPSA) is 66.4 Å². The maximum Gasteiger partial charge on any atom is 0.485 e. The number of alkyl halides is 3. The molecule has 1 heterocycles. The summed E-state index contributed by atoms with van der Waals surface area (Å²) in [5.74, 6) is 2.27. The van der Waals surface area contributed by atoms with E-state index < -0.39 is 15.6 Å². The minimum atomic E-state index is -6.09. The zero-order valence-electron chi connectivity index (χ0n) is 12.0. The van der Waals surface area contributed by atoms with Crippen molar-refractivity contribution in [2.75, 3.05) is 18.6 Å². The van der Waals surface area contributed by atoms with E-state index in [4.69, 9.17) is 17.7 Å². The predicted octanol–water partition coefficient (Wildman–Crippen LogP) is 2.89. The molecule has 126 valence electrons. The lowest BCUT2D eigenvalue weighted by Gasteiger charge is -2.17. The van der Waals surface area contributed by atoms with Gasteiger partial charge in [-0.15, -0.1) is 0 Å². The number of rotatable bonds is 0. The molecule has 0 aliphatic carbocycles. The van der Waals surface area contributed by atoms with Crippen LogP contribution in [0, 0.1) is 0 Å². The fraction of sp³-hybridized carbons (Fsp3) is 0.286. The number of halogens is 3. The largest absolute Gasteiger partial charge is 0.741 e. The summed E-state index contributed by atoms with van der Waals surface area (Å²) in [6, 6.07) is 12.9. The zero-order chi connectivity index (χ0) is 17.3. The summed E-state index contributed by atoms with van der Waals surface area (Å²) in [6.07, 6.45) is 2.30. The first-order valence-corrected chi connectivity index (χ1v) is 9.61. The van der Waals surface area contributed by atoms with Gasteiger partial charge in [-0.2, -0.15) is 13.2 Å². The third-order valence-electron chi connectivity index (χ3n) is 3.14. The molecule has 2 aromatic rings. The number of ether oxygens (including phenoxy) is 1. The second kappa shape index (κ2) is 6.58. The Morgan fingerprint density at radius 1 is 1.17 bits per heavy atom. The fourth-order valence-electron chi connectivity index (χ4n) is 2.02. The van der Waals surface area contributed by atoms with Crippen LogP contribution in [-0.2, 0) is 21.0 Å². The van der Waals surface area contributed by atoms with Gasteiger partial charge in [0.05, 0.1) is 0 Å². The number of hydrogen-bond acceptors (Lipinski definition) is 4. The summed E-state index contributed by atoms with van der Waals surface area (Å²) in [7, 11) is -5.74. The molecule has 3 rings (SSSR count). The first kappa shape index (κ1) is 17.9. The lowest BCUT2D eigenvalue weighted by atomic mass is 10.1. The van der Waals surface area contributed by atoms with E-state index in [0.717, 1.165) is 18.1 Å². The third-order valence-corrected chi connectivity index (χ3v) is 5.56. The van der Waals surface area contributed by atoms with Gasteiger partial charge in [0, 0.05) is 16.3 Å². The maximum absolute atomic E-state index is 10.7. The summed E-state index contributed by atoms with van der Waals surface area (Å²) in [5, 5.41) is 2.53. The van der Waals surface area contributed by atoms with Crippen molar-refractivity contribution in [1.82, 2.24) is 0 Å². The van der Waals surface area contributed by atoms with Crippen LogP contribution in [0.1, 0.15) is 0 Å². The molecule has 0 spiro atoms. The van der Waals surface area contributed by atoms with Crippen molar-refractivity contribution >= 4 is 31.8 Å². The average Bonchev–Trinajstić information content (AvgIpc) is 2.46. The average molecular weight is 366 g/mol. The maximum atomic E-state index is 10.7. The van der Waals surface area contributed by atoms with Crippen molar-refractivity contribution in [2.45, 2.75) is 10.4 Å². The normalized spacial score (nSPS) is 17.7. The molecule has 1 aliphatic rings. The fourth-order valence-corrected chi connectivity index (χ4v) is 3.36. The standard InChI is InChI=1S/C13H13OS.CHF3O3S/c1-15-9-8-14-13-11-5-3-2-4-10(11)6-7-12(13)15;2-1(3,4)8(5,6)7/h2-7H,8-9H2,1H3;(H,5,6,7)/q+1;/p-1. The second-order valence-corrected chi connectivity index (χ2v) is 8.20. The number of hydrogen-bond donors (Lipinski definition) is 0. The highest BCUT2D eigenvalue weighted by Crippen LogP contribution is 2.35. The highest BCUT2D eigenvalue weighted by molar-refractivity contribution is 7.96. The van der Waals surface area contributed by atoms with Gasteiger partial charge in [-0.25, -0.2) is 8.42 Å². The summed E-state index contributed by atoms with van der Waals surface area (Å²) in [5.41, 5.74) is -5.65. The van der Waals surface area contributed by atoms with Gasteiger partial charge in [0.1, 0.15) is 18.6 Å². The summed E-state index contributed by atoms with van der Waals surface area (Å²) < 4.78 is 64.7. The van der Waals surface area contributed by atoms with Gasteiger partial charge < -0.3 is 9.29 Å². The minimum Gasteiger partial charge on any atom is -0.741 e. The van der Waals surface area contributed by atoms with Crippen LogP contribution >= 0.6 is 0 Å². The van der Waals surface area contributed by atoms with Crippen LogP contribution in [0.3, 0.4) is 0 Å². The molecule has 23 heavy (non-hydrogen) atoms. The summed E-state index contributed by atoms with van der Waals surface area (Å²) in [4.78, 5) is 1.39. The van der Waals surface area contributed by atoms with Crippen LogP contribution < -0.4 is 4.74 Å². The van der Waals surface area contributed by atoms with Crippen LogP contribution in [0.2, 0.25) is 0 Å². The highest BCUT2D eigenvalue weighted by Gasteiger charge is 2.36. The van der Waals surface area contributed by atoms with Gasteiger partial charge in [-0.1, -0.05) is 24.3 Å². The molecule has 1 aliphatic heterocycles. The minimum absolute atomic E-state index is 0.354. The van der Waals surface area contributed by atoms with Gasteiger partial charge >= 0.3 is 5.51 Å². The van der Waals surface area contributed by atoms with E-state index in [9.17, 15) is 13.2 Å². The molecule has 1 atom stereocenters. The molecule has 0 N–H and O–H groups in total. The highest BCUT2D eigenvalue weighted by atomic mass is 32.2. The molecule has 0 saturated carbocycles. The van der Waals surface area contributed by atoms with E-state index in [-0.39, 0.29) is 0 Å². The summed E-state index contributed by atoms with van der Waals surface area (Å²) in [6.45, 7) is 0.862. The van der Waals surface area contributed by atoms with Crippen molar-refractivity contribution < 1.29 is 30.9 Å². The van der Waals surface area contributed by atoms with E-state index in [2.05, 4.69) is 42.7 Å². The first-order chi connectivity index (χ1) is 10.6. The van der Waals surface area contributed by atoms with Crippen LogP contribution in [0.4, 0.5) is 13.2 Å². The molecule has 0 bridgehead atoms. The Morgan fingerprint density at radius 2 is 1.78 bits per heavy atom. The molecule has 4 nitrogen and oxygen atoms in total. The number of benzene rings is 2. The molecule has 1 unspecified atom stereocenters. The first-order valence-electron chi connectivity index (χ1n) is 6.40. The molecular weight excluding hydrogens is 353 g/mol. The van der Waals surface area contributed by atoms with Crippen LogP contribution in [0.15, 0.2) is 41.3 Å². The van der Waals surface area contributed by atoms with Crippen molar-refractivity contribution in [3.8, 4) is 5.75 Å². The molecule has 2 aromatic carbocycles. The lowest BCUT2D eigenvalue weighted by molar-refractivity contribution is -0.0517. The van der Waals surface area contributed by atoms with Gasteiger partial charge in [0.15, 0.2) is 20.8 Å². The lowest BCUT2D eigenvalue weighted by Crippen LogP contribution is -2.21. The van der Waals surface area contributed by atoms with Gasteiger partial charge in [-0.3, -0.25) is 0 Å². The third kappa shape index (κ3) is 4.10. The van der Waals surface area contributed by atoms with Gasteiger partial charge in [0.25, 0.3) is 0 Å². The molecule has 0 aromatic heterocycles. The SMILES string of the molecule is C[S+]1CCOc2c1ccc1ccccc21.O=S(=O)([O-])C(F)(F)F. The van der Waals surface area contributed by atoms with Crippen molar-refractivity contribution in [3.63, 3.8) is 0 Å². The smallest absolute Gasteiger partial charge is 0.485 e. The van der Waals surface area contributed by atoms with E-state index in [1.165, 1.54) is 15.7 Å². The molecule has 0 fully saturated rings. The Bertz CT molecular complexity index is 803. The predicted molar refractivity (Wildman–Crippen MR) is 81.6 cm³/mol. The zero-order valence-corrected chi connectivity index (χ0v) is 13.6. The Labute approximate surface area is 134 Å². The number of fused-ring (bicyclic) bond motifs is 3. The van der Waals surface area contributed by atoms with Gasteiger partial charge in [-0.05, 0) is 17.5 Å². The Kier molecular flexibility index (Phi) is 5.12.